The molecule has 0 aliphatic carbocycles. The highest BCUT2D eigenvalue weighted by atomic mass is 16.5. The van der Waals surface area contributed by atoms with E-state index in [9.17, 15) is 9.59 Å². The Kier molecular flexibility index (Phi) is 9.62. The van der Waals surface area contributed by atoms with Crippen LogP contribution in [0.5, 0.6) is 11.5 Å². The molecule has 0 bridgehead atoms. The number of nitrogens with zero attached hydrogens (tertiary/aromatic N) is 2. The number of rotatable bonds is 5. The predicted molar refractivity (Wildman–Crippen MR) is 124 cm³/mol. The minimum Gasteiger partial charge on any atom is -0.490 e. The minimum atomic E-state index is -0.0558. The fourth-order valence-corrected chi connectivity index (χ4v) is 4.22. The lowest BCUT2D eigenvalue weighted by atomic mass is 10.1. The van der Waals surface area contributed by atoms with E-state index >= 15 is 0 Å². The van der Waals surface area contributed by atoms with Gasteiger partial charge in [-0.15, -0.1) is 0 Å². The summed E-state index contributed by atoms with van der Waals surface area (Å²) in [5.74, 6) is 1.33. The summed E-state index contributed by atoms with van der Waals surface area (Å²) in [5, 5.41) is 6.14. The molecular weight excluding hydrogens is 408 g/mol. The number of amides is 2. The second-order valence-corrected chi connectivity index (χ2v) is 8.73. The molecule has 0 spiro atoms. The van der Waals surface area contributed by atoms with Crippen LogP contribution in [-0.4, -0.2) is 80.6 Å². The van der Waals surface area contributed by atoms with Gasteiger partial charge in [-0.2, -0.15) is 0 Å². The van der Waals surface area contributed by atoms with Crippen LogP contribution in [0.4, 0.5) is 0 Å². The summed E-state index contributed by atoms with van der Waals surface area (Å²) in [5.41, 5.74) is 0.926. The summed E-state index contributed by atoms with van der Waals surface area (Å²) in [6, 6.07) is 6.02. The zero-order valence-electron chi connectivity index (χ0n) is 19.5. The van der Waals surface area contributed by atoms with Gasteiger partial charge in [0.05, 0.1) is 26.3 Å². The Labute approximate surface area is 191 Å². The van der Waals surface area contributed by atoms with Crippen LogP contribution in [-0.2, 0) is 16.1 Å². The molecule has 1 aromatic rings. The SMILES string of the molecule is CCOc1cccc2c1OCCCCCNC(=O)CN(CC(=O)NC1CCN(C)CC1)C2. The van der Waals surface area contributed by atoms with Gasteiger partial charge in [-0.3, -0.25) is 14.5 Å². The Morgan fingerprint density at radius 3 is 2.81 bits per heavy atom. The minimum absolute atomic E-state index is 0.0416. The van der Waals surface area contributed by atoms with Gasteiger partial charge in [0.1, 0.15) is 0 Å². The molecule has 8 nitrogen and oxygen atoms in total. The third kappa shape index (κ3) is 7.67. The van der Waals surface area contributed by atoms with E-state index < -0.39 is 0 Å². The molecular formula is C24H38N4O4. The number of piperidine rings is 1. The third-order valence-corrected chi connectivity index (χ3v) is 5.96. The maximum absolute atomic E-state index is 12.8. The number of likely N-dealkylation sites (tertiary alicyclic amines) is 1. The number of hydrogen-bond acceptors (Lipinski definition) is 6. The monoisotopic (exact) mass is 446 g/mol. The van der Waals surface area contributed by atoms with Gasteiger partial charge in [0.25, 0.3) is 0 Å². The van der Waals surface area contributed by atoms with Crippen molar-refractivity contribution in [1.29, 1.82) is 0 Å². The quantitative estimate of drug-likeness (QED) is 0.718. The second kappa shape index (κ2) is 12.6. The lowest BCUT2D eigenvalue weighted by molar-refractivity contribution is -0.125. The molecule has 0 radical (unpaired) electrons. The first-order chi connectivity index (χ1) is 15.5. The number of benzene rings is 1. The van der Waals surface area contributed by atoms with Crippen LogP contribution in [0.15, 0.2) is 18.2 Å². The predicted octanol–water partition coefficient (Wildman–Crippen LogP) is 1.78. The van der Waals surface area contributed by atoms with Crippen LogP contribution in [0.25, 0.3) is 0 Å². The topological polar surface area (TPSA) is 83.1 Å². The summed E-state index contributed by atoms with van der Waals surface area (Å²) in [4.78, 5) is 29.5. The standard InChI is InChI=1S/C24H38N4O4/c1-3-31-21-9-7-8-19-16-28(18-23(30)26-20-10-13-27(2)14-11-20)17-22(29)25-12-5-4-6-15-32-24(19)21/h7-9,20H,3-6,10-18H2,1-2H3,(H,25,29)(H,26,30). The number of nitrogens with one attached hydrogen (secondary N) is 2. The largest absolute Gasteiger partial charge is 0.490 e. The molecule has 32 heavy (non-hydrogen) atoms. The van der Waals surface area contributed by atoms with Crippen molar-refractivity contribution >= 4 is 11.8 Å². The second-order valence-electron chi connectivity index (χ2n) is 8.73. The van der Waals surface area contributed by atoms with Crippen molar-refractivity contribution in [3.8, 4) is 11.5 Å². The van der Waals surface area contributed by atoms with E-state index in [2.05, 4.69) is 22.6 Å². The molecule has 2 heterocycles. The average Bonchev–Trinajstić information content (AvgIpc) is 2.77. The van der Waals surface area contributed by atoms with Crippen LogP contribution in [0.2, 0.25) is 0 Å². The van der Waals surface area contributed by atoms with Crippen molar-refractivity contribution in [3.63, 3.8) is 0 Å². The number of para-hydroxylation sites is 1. The molecule has 2 N–H and O–H groups in total. The first-order valence-corrected chi connectivity index (χ1v) is 11.9. The fraction of sp³-hybridized carbons (Fsp3) is 0.667. The van der Waals surface area contributed by atoms with Gasteiger partial charge in [0, 0.05) is 24.7 Å². The zero-order chi connectivity index (χ0) is 22.8. The Hall–Kier alpha value is -2.32. The summed E-state index contributed by atoms with van der Waals surface area (Å²) >= 11 is 0. The highest BCUT2D eigenvalue weighted by molar-refractivity contribution is 5.81. The van der Waals surface area contributed by atoms with Crippen LogP contribution >= 0.6 is 0 Å². The van der Waals surface area contributed by atoms with Crippen molar-refractivity contribution in [2.75, 3.05) is 53.0 Å². The third-order valence-electron chi connectivity index (χ3n) is 5.96. The summed E-state index contributed by atoms with van der Waals surface area (Å²) in [7, 11) is 2.10. The van der Waals surface area contributed by atoms with Gasteiger partial charge in [-0.05, 0) is 65.2 Å². The van der Waals surface area contributed by atoms with E-state index in [1.165, 1.54) is 0 Å². The molecule has 2 amide bonds. The Balaban J connectivity index is 1.73. The number of hydrogen-bond donors (Lipinski definition) is 2. The lowest BCUT2D eigenvalue weighted by Gasteiger charge is -2.30. The molecule has 1 aromatic carbocycles. The van der Waals surface area contributed by atoms with E-state index in [1.807, 2.05) is 30.0 Å². The van der Waals surface area contributed by atoms with Crippen LogP contribution in [0.3, 0.4) is 0 Å². The number of carbonyl (C=O) groups is 2. The molecule has 1 fully saturated rings. The Bertz CT molecular complexity index is 750. The molecule has 3 rings (SSSR count). The van der Waals surface area contributed by atoms with Crippen molar-refractivity contribution in [2.45, 2.75) is 51.6 Å². The molecule has 8 heteroatoms. The maximum atomic E-state index is 12.8. The van der Waals surface area contributed by atoms with Crippen LogP contribution in [0, 0.1) is 0 Å². The van der Waals surface area contributed by atoms with Gasteiger partial charge in [0.15, 0.2) is 11.5 Å². The number of carbonyl (C=O) groups excluding carboxylic acids is 2. The highest BCUT2D eigenvalue weighted by Crippen LogP contribution is 2.32. The number of ether oxygens (including phenoxy) is 2. The van der Waals surface area contributed by atoms with E-state index in [1.54, 1.807) is 0 Å². The summed E-state index contributed by atoms with van der Waals surface area (Å²) in [6.07, 6.45) is 4.72. The van der Waals surface area contributed by atoms with Gasteiger partial charge in [0.2, 0.25) is 11.8 Å². The molecule has 2 aliphatic heterocycles. The van der Waals surface area contributed by atoms with E-state index in [4.69, 9.17) is 9.47 Å². The maximum Gasteiger partial charge on any atom is 0.234 e. The molecule has 2 aliphatic rings. The van der Waals surface area contributed by atoms with Crippen molar-refractivity contribution in [2.24, 2.45) is 0 Å². The van der Waals surface area contributed by atoms with Gasteiger partial charge >= 0.3 is 0 Å². The molecule has 1 saturated heterocycles. The summed E-state index contributed by atoms with van der Waals surface area (Å²) < 4.78 is 11.9. The zero-order valence-corrected chi connectivity index (χ0v) is 19.5. The molecule has 0 saturated carbocycles. The first-order valence-electron chi connectivity index (χ1n) is 11.9. The highest BCUT2D eigenvalue weighted by Gasteiger charge is 2.22. The van der Waals surface area contributed by atoms with Gasteiger partial charge in [-0.1, -0.05) is 12.1 Å². The smallest absolute Gasteiger partial charge is 0.234 e. The lowest BCUT2D eigenvalue weighted by Crippen LogP contribution is -2.48. The first kappa shape index (κ1) is 24.3. The van der Waals surface area contributed by atoms with E-state index in [0.717, 1.165) is 56.5 Å². The van der Waals surface area contributed by atoms with Crippen LogP contribution < -0.4 is 20.1 Å². The molecule has 0 aromatic heterocycles. The summed E-state index contributed by atoms with van der Waals surface area (Å²) in [6.45, 7) is 6.48. The molecule has 178 valence electrons. The van der Waals surface area contributed by atoms with Gasteiger partial charge in [-0.25, -0.2) is 0 Å². The van der Waals surface area contributed by atoms with Crippen molar-refractivity contribution in [3.05, 3.63) is 23.8 Å². The van der Waals surface area contributed by atoms with E-state index in [0.29, 0.717) is 32.1 Å². The molecule has 0 atom stereocenters. The van der Waals surface area contributed by atoms with E-state index in [-0.39, 0.29) is 30.9 Å². The fourth-order valence-electron chi connectivity index (χ4n) is 4.22. The van der Waals surface area contributed by atoms with Crippen molar-refractivity contribution < 1.29 is 19.1 Å². The van der Waals surface area contributed by atoms with Gasteiger partial charge < -0.3 is 25.0 Å². The normalized spacial score (nSPS) is 20.0. The molecule has 0 unspecified atom stereocenters. The number of fused-ring (bicyclic) bond motifs is 1. The van der Waals surface area contributed by atoms with Crippen molar-refractivity contribution in [1.82, 2.24) is 20.4 Å². The van der Waals surface area contributed by atoms with Crippen LogP contribution in [0.1, 0.15) is 44.6 Å². The average molecular weight is 447 g/mol. The Morgan fingerprint density at radius 2 is 2.03 bits per heavy atom. The Morgan fingerprint density at radius 1 is 1.22 bits per heavy atom.